The van der Waals surface area contributed by atoms with Crippen molar-refractivity contribution in [1.82, 2.24) is 0 Å². The standard InChI is InChI=1S/C25H31F3O2Si/c1-5-31(6-2,7-3)24(25(26,27)28)18-21(19-13-15-22(30-4)16-14-19)17-23(29)20-11-9-8-10-12-20/h8-16,18,21H,5-7,17H2,1-4H3/b24-18+. The second kappa shape index (κ2) is 10.8. The lowest BCUT2D eigenvalue weighted by atomic mass is 9.91. The van der Waals surface area contributed by atoms with Crippen LogP contribution in [0.4, 0.5) is 13.2 Å². The lowest BCUT2D eigenvalue weighted by Gasteiger charge is -2.33. The van der Waals surface area contributed by atoms with Crippen LogP contribution >= 0.6 is 0 Å². The zero-order chi connectivity index (χ0) is 23.1. The summed E-state index contributed by atoms with van der Waals surface area (Å²) in [6.45, 7) is 5.57. The third-order valence-electron chi connectivity index (χ3n) is 6.32. The highest BCUT2D eigenvalue weighted by molar-refractivity contribution is 6.86. The number of carbonyl (C=O) groups is 1. The van der Waals surface area contributed by atoms with E-state index < -0.39 is 25.4 Å². The van der Waals surface area contributed by atoms with Gasteiger partial charge in [-0.1, -0.05) is 87.4 Å². The molecule has 2 rings (SSSR count). The molecule has 0 saturated heterocycles. The summed E-state index contributed by atoms with van der Waals surface area (Å²) in [5.41, 5.74) is 1.19. The molecular formula is C25H31F3O2Si. The fourth-order valence-electron chi connectivity index (χ4n) is 4.16. The number of allylic oxidation sites excluding steroid dienone is 2. The highest BCUT2D eigenvalue weighted by Gasteiger charge is 2.47. The van der Waals surface area contributed by atoms with Gasteiger partial charge in [0.05, 0.1) is 15.2 Å². The number of halogens is 3. The molecule has 6 heteroatoms. The Morgan fingerprint density at radius 1 is 0.968 bits per heavy atom. The van der Waals surface area contributed by atoms with Crippen molar-refractivity contribution >= 4 is 13.9 Å². The van der Waals surface area contributed by atoms with Crippen LogP contribution in [0.15, 0.2) is 65.9 Å². The molecule has 31 heavy (non-hydrogen) atoms. The SMILES string of the molecule is CC[Si](CC)(CC)/C(=C/C(CC(=O)c1ccccc1)c1ccc(OC)cc1)C(F)(F)F. The molecule has 168 valence electrons. The van der Waals surface area contributed by atoms with Crippen molar-refractivity contribution in [2.45, 2.75) is 57.4 Å². The smallest absolute Gasteiger partial charge is 0.408 e. The van der Waals surface area contributed by atoms with Gasteiger partial charge in [0, 0.05) is 23.1 Å². The van der Waals surface area contributed by atoms with Crippen molar-refractivity contribution in [3.05, 3.63) is 77.0 Å². The zero-order valence-electron chi connectivity index (χ0n) is 18.6. The van der Waals surface area contributed by atoms with E-state index in [-0.39, 0.29) is 12.2 Å². The van der Waals surface area contributed by atoms with Gasteiger partial charge in [-0.05, 0) is 17.7 Å². The molecule has 2 nitrogen and oxygen atoms in total. The van der Waals surface area contributed by atoms with E-state index in [4.69, 9.17) is 4.74 Å². The first kappa shape index (κ1) is 24.9. The number of methoxy groups -OCH3 is 1. The van der Waals surface area contributed by atoms with Crippen LogP contribution in [0.1, 0.15) is 49.0 Å². The number of ketones is 1. The molecule has 2 aromatic carbocycles. The van der Waals surface area contributed by atoms with E-state index in [9.17, 15) is 18.0 Å². The molecule has 0 spiro atoms. The van der Waals surface area contributed by atoms with E-state index in [1.54, 1.807) is 48.5 Å². The number of hydrogen-bond donors (Lipinski definition) is 0. The largest absolute Gasteiger partial charge is 0.497 e. The number of rotatable bonds is 10. The minimum atomic E-state index is -4.41. The Bertz CT molecular complexity index is 862. The van der Waals surface area contributed by atoms with Gasteiger partial charge in [-0.15, -0.1) is 0 Å². The van der Waals surface area contributed by atoms with Gasteiger partial charge < -0.3 is 4.74 Å². The molecule has 0 amide bonds. The maximum Gasteiger partial charge on any atom is 0.408 e. The second-order valence-electron chi connectivity index (χ2n) is 7.79. The maximum absolute atomic E-state index is 14.3. The van der Waals surface area contributed by atoms with Crippen LogP contribution < -0.4 is 4.74 Å². The Morgan fingerprint density at radius 3 is 1.97 bits per heavy atom. The number of alkyl halides is 3. The van der Waals surface area contributed by atoms with Gasteiger partial charge in [-0.25, -0.2) is 0 Å². The summed E-state index contributed by atoms with van der Waals surface area (Å²) >= 11 is 0. The molecule has 0 aliphatic rings. The maximum atomic E-state index is 14.3. The topological polar surface area (TPSA) is 26.3 Å². The predicted octanol–water partition coefficient (Wildman–Crippen LogP) is 7.59. The Balaban J connectivity index is 2.58. The van der Waals surface area contributed by atoms with Crippen LogP contribution in [-0.2, 0) is 0 Å². The van der Waals surface area contributed by atoms with Crippen LogP contribution in [0.2, 0.25) is 18.1 Å². The first-order valence-electron chi connectivity index (χ1n) is 10.7. The molecule has 0 bridgehead atoms. The summed E-state index contributed by atoms with van der Waals surface area (Å²) in [6, 6.07) is 17.2. The Hall–Kier alpha value is -2.34. The summed E-state index contributed by atoms with van der Waals surface area (Å²) in [5, 5.41) is -0.394. The lowest BCUT2D eigenvalue weighted by molar-refractivity contribution is -0.0862. The molecule has 0 fully saturated rings. The average Bonchev–Trinajstić information content (AvgIpc) is 2.79. The van der Waals surface area contributed by atoms with Gasteiger partial charge >= 0.3 is 6.18 Å². The molecule has 0 aliphatic heterocycles. The second-order valence-corrected chi connectivity index (χ2v) is 13.0. The van der Waals surface area contributed by atoms with Crippen molar-refractivity contribution in [1.29, 1.82) is 0 Å². The van der Waals surface area contributed by atoms with E-state index in [0.717, 1.165) is 0 Å². The molecule has 1 unspecified atom stereocenters. The van der Waals surface area contributed by atoms with Gasteiger partial charge in [0.25, 0.3) is 0 Å². The molecule has 0 saturated carbocycles. The molecule has 0 heterocycles. The van der Waals surface area contributed by atoms with Crippen LogP contribution in [0, 0.1) is 0 Å². The van der Waals surface area contributed by atoms with Crippen LogP contribution in [0.3, 0.4) is 0 Å². The van der Waals surface area contributed by atoms with Crippen LogP contribution in [0.25, 0.3) is 0 Å². The van der Waals surface area contributed by atoms with E-state index >= 15 is 0 Å². The van der Waals surface area contributed by atoms with E-state index in [2.05, 4.69) is 0 Å². The Labute approximate surface area is 184 Å². The van der Waals surface area contributed by atoms with Crippen molar-refractivity contribution in [2.24, 2.45) is 0 Å². The molecular weight excluding hydrogens is 417 g/mol. The number of ether oxygens (including phenoxy) is 1. The highest BCUT2D eigenvalue weighted by Crippen LogP contribution is 2.42. The van der Waals surface area contributed by atoms with Crippen molar-refractivity contribution < 1.29 is 22.7 Å². The summed E-state index contributed by atoms with van der Waals surface area (Å²) in [4.78, 5) is 12.9. The summed E-state index contributed by atoms with van der Waals surface area (Å²) in [5.74, 6) is -0.209. The first-order valence-corrected chi connectivity index (χ1v) is 13.3. The first-order chi connectivity index (χ1) is 14.7. The quantitative estimate of drug-likeness (QED) is 0.276. The molecule has 0 N–H and O–H groups in total. The van der Waals surface area contributed by atoms with Crippen molar-refractivity contribution in [3.63, 3.8) is 0 Å². The van der Waals surface area contributed by atoms with Gasteiger partial charge in [-0.2, -0.15) is 13.2 Å². The summed E-state index contributed by atoms with van der Waals surface area (Å²) in [7, 11) is -1.19. The number of carbonyl (C=O) groups excluding carboxylic acids is 1. The third kappa shape index (κ3) is 6.09. The number of hydrogen-bond acceptors (Lipinski definition) is 2. The van der Waals surface area contributed by atoms with Crippen LogP contribution in [0.5, 0.6) is 5.75 Å². The number of Topliss-reactive ketones (excluding diaryl/α,β-unsaturated/α-hetero) is 1. The Kier molecular flexibility index (Phi) is 8.68. The van der Waals surface area contributed by atoms with Gasteiger partial charge in [0.15, 0.2) is 5.78 Å². The number of benzene rings is 2. The van der Waals surface area contributed by atoms with E-state index in [1.165, 1.54) is 13.2 Å². The summed E-state index contributed by atoms with van der Waals surface area (Å²) in [6.07, 6.45) is -3.07. The molecule has 0 radical (unpaired) electrons. The van der Waals surface area contributed by atoms with Crippen molar-refractivity contribution in [3.8, 4) is 5.75 Å². The third-order valence-corrected chi connectivity index (χ3v) is 12.0. The highest BCUT2D eigenvalue weighted by atomic mass is 28.3. The van der Waals surface area contributed by atoms with Gasteiger partial charge in [0.2, 0.25) is 0 Å². The normalized spacial score (nSPS) is 13.7. The molecule has 0 aromatic heterocycles. The monoisotopic (exact) mass is 448 g/mol. The predicted molar refractivity (Wildman–Crippen MR) is 122 cm³/mol. The average molecular weight is 449 g/mol. The zero-order valence-corrected chi connectivity index (χ0v) is 19.6. The van der Waals surface area contributed by atoms with Crippen LogP contribution in [-0.4, -0.2) is 27.1 Å². The molecule has 1 atom stereocenters. The minimum Gasteiger partial charge on any atom is -0.497 e. The minimum absolute atomic E-state index is 0.0163. The molecule has 2 aromatic rings. The van der Waals surface area contributed by atoms with Crippen molar-refractivity contribution in [2.75, 3.05) is 7.11 Å². The lowest BCUT2D eigenvalue weighted by Crippen LogP contribution is -2.41. The fourth-order valence-corrected chi connectivity index (χ4v) is 7.96. The molecule has 0 aliphatic carbocycles. The van der Waals surface area contributed by atoms with E-state index in [1.807, 2.05) is 26.8 Å². The Morgan fingerprint density at radius 2 is 1.52 bits per heavy atom. The van der Waals surface area contributed by atoms with Gasteiger partial charge in [-0.3, -0.25) is 4.79 Å². The van der Waals surface area contributed by atoms with Gasteiger partial charge in [0.1, 0.15) is 5.75 Å². The van der Waals surface area contributed by atoms with E-state index in [0.29, 0.717) is 35.0 Å². The fraction of sp³-hybridized carbons (Fsp3) is 0.400. The summed E-state index contributed by atoms with van der Waals surface area (Å²) < 4.78 is 48.1.